The molecular weight excluding hydrogens is 274 g/mol. The molecule has 116 valence electrons. The summed E-state index contributed by atoms with van der Waals surface area (Å²) in [5.74, 6) is 0.250. The molecule has 0 aromatic carbocycles. The summed E-state index contributed by atoms with van der Waals surface area (Å²) in [7, 11) is 1.36. The van der Waals surface area contributed by atoms with Gasteiger partial charge in [-0.25, -0.2) is 9.48 Å². The first kappa shape index (κ1) is 14.3. The molecule has 21 heavy (non-hydrogen) atoms. The van der Waals surface area contributed by atoms with Crippen LogP contribution in [0, 0.1) is 0 Å². The first-order valence-electron chi connectivity index (χ1n) is 7.34. The number of hydrogen-bond acceptors (Lipinski definition) is 6. The number of methoxy groups -OCH3 is 1. The summed E-state index contributed by atoms with van der Waals surface area (Å²) >= 11 is 0. The minimum absolute atomic E-state index is 0.118. The predicted octanol–water partition coefficient (Wildman–Crippen LogP) is 1.11. The second kappa shape index (κ2) is 6.03. The van der Waals surface area contributed by atoms with Gasteiger partial charge in [-0.05, 0) is 19.3 Å². The quantitative estimate of drug-likeness (QED) is 0.840. The van der Waals surface area contributed by atoms with Crippen molar-refractivity contribution in [2.24, 2.45) is 0 Å². The molecule has 1 atom stereocenters. The summed E-state index contributed by atoms with van der Waals surface area (Å²) in [6, 6.07) is 0.179. The second-order valence-corrected chi connectivity index (χ2v) is 5.49. The van der Waals surface area contributed by atoms with Gasteiger partial charge in [0, 0.05) is 31.3 Å². The molecule has 0 radical (unpaired) electrons. The van der Waals surface area contributed by atoms with Crippen molar-refractivity contribution in [3.8, 4) is 0 Å². The fourth-order valence-corrected chi connectivity index (χ4v) is 3.08. The molecular formula is C14H21N3O4. The van der Waals surface area contributed by atoms with E-state index in [0.29, 0.717) is 37.9 Å². The molecule has 3 rings (SSSR count). The van der Waals surface area contributed by atoms with E-state index in [2.05, 4.69) is 5.10 Å². The maximum absolute atomic E-state index is 12.0. The number of anilines is 1. The molecule has 3 heterocycles. The number of ether oxygens (including phenoxy) is 3. The van der Waals surface area contributed by atoms with Gasteiger partial charge < -0.3 is 19.9 Å². The van der Waals surface area contributed by atoms with Gasteiger partial charge in [-0.2, -0.15) is 5.10 Å². The van der Waals surface area contributed by atoms with Crippen LogP contribution in [0.1, 0.15) is 47.3 Å². The van der Waals surface area contributed by atoms with E-state index in [1.807, 2.05) is 0 Å². The summed E-state index contributed by atoms with van der Waals surface area (Å²) in [6.07, 6.45) is 2.56. The van der Waals surface area contributed by atoms with Crippen LogP contribution in [0.2, 0.25) is 0 Å². The lowest BCUT2D eigenvalue weighted by molar-refractivity contribution is 0.0582. The third-order valence-corrected chi connectivity index (χ3v) is 4.24. The average molecular weight is 295 g/mol. The van der Waals surface area contributed by atoms with Crippen LogP contribution in [0.15, 0.2) is 0 Å². The van der Waals surface area contributed by atoms with E-state index in [4.69, 9.17) is 19.9 Å². The van der Waals surface area contributed by atoms with Gasteiger partial charge in [0.1, 0.15) is 5.82 Å². The maximum atomic E-state index is 12.0. The Labute approximate surface area is 123 Å². The van der Waals surface area contributed by atoms with Crippen LogP contribution < -0.4 is 5.73 Å². The number of carbonyl (C=O) groups excluding carboxylic acids is 1. The monoisotopic (exact) mass is 295 g/mol. The summed E-state index contributed by atoms with van der Waals surface area (Å²) in [6.45, 7) is 2.65. The van der Waals surface area contributed by atoms with Gasteiger partial charge in [-0.3, -0.25) is 0 Å². The number of nitrogens with zero attached hydrogens (tertiary/aromatic N) is 2. The predicted molar refractivity (Wildman–Crippen MR) is 75.2 cm³/mol. The van der Waals surface area contributed by atoms with Crippen LogP contribution in [0.3, 0.4) is 0 Å². The van der Waals surface area contributed by atoms with Crippen molar-refractivity contribution >= 4 is 11.8 Å². The normalized spacial score (nSPS) is 23.4. The van der Waals surface area contributed by atoms with Crippen molar-refractivity contribution in [1.82, 2.24) is 9.78 Å². The first-order chi connectivity index (χ1) is 10.2. The fourth-order valence-electron chi connectivity index (χ4n) is 3.08. The van der Waals surface area contributed by atoms with E-state index in [1.165, 1.54) is 7.11 Å². The zero-order chi connectivity index (χ0) is 14.8. The molecule has 2 fully saturated rings. The van der Waals surface area contributed by atoms with Gasteiger partial charge >= 0.3 is 5.97 Å². The SMILES string of the molecule is COC(=O)c1nn(C2CCOCC2)c(N)c1C1CCOC1. The zero-order valence-electron chi connectivity index (χ0n) is 12.2. The third kappa shape index (κ3) is 2.63. The van der Waals surface area contributed by atoms with Crippen LogP contribution in [-0.2, 0) is 14.2 Å². The molecule has 7 heteroatoms. The highest BCUT2D eigenvalue weighted by Gasteiger charge is 2.32. The highest BCUT2D eigenvalue weighted by molar-refractivity contribution is 5.90. The number of nitrogen functional groups attached to an aromatic ring is 1. The molecule has 1 unspecified atom stereocenters. The standard InChI is InChI=1S/C14H21N3O4/c1-19-14(18)12-11(9-2-5-21-8-9)13(15)17(16-12)10-3-6-20-7-4-10/h9-10H,2-8,15H2,1H3. The lowest BCUT2D eigenvalue weighted by Gasteiger charge is -2.23. The van der Waals surface area contributed by atoms with Crippen molar-refractivity contribution in [2.75, 3.05) is 39.3 Å². The van der Waals surface area contributed by atoms with Crippen molar-refractivity contribution in [3.63, 3.8) is 0 Å². The smallest absolute Gasteiger partial charge is 0.358 e. The molecule has 2 saturated heterocycles. The van der Waals surface area contributed by atoms with Gasteiger partial charge in [0.05, 0.1) is 19.8 Å². The number of nitrogens with two attached hydrogens (primary N) is 1. The Hall–Kier alpha value is -1.60. The zero-order valence-corrected chi connectivity index (χ0v) is 12.2. The number of rotatable bonds is 3. The molecule has 1 aromatic rings. The first-order valence-corrected chi connectivity index (χ1v) is 7.34. The summed E-state index contributed by atoms with van der Waals surface area (Å²) in [5, 5.41) is 4.45. The Kier molecular flexibility index (Phi) is 4.12. The van der Waals surface area contributed by atoms with Crippen LogP contribution >= 0.6 is 0 Å². The number of esters is 1. The highest BCUT2D eigenvalue weighted by Crippen LogP contribution is 2.35. The Bertz CT molecular complexity index is 517. The maximum Gasteiger partial charge on any atom is 0.358 e. The van der Waals surface area contributed by atoms with E-state index < -0.39 is 5.97 Å². The van der Waals surface area contributed by atoms with Crippen molar-refractivity contribution in [2.45, 2.75) is 31.2 Å². The Morgan fingerprint density at radius 3 is 2.62 bits per heavy atom. The van der Waals surface area contributed by atoms with Crippen LogP contribution in [-0.4, -0.2) is 49.3 Å². The Morgan fingerprint density at radius 2 is 2.00 bits per heavy atom. The third-order valence-electron chi connectivity index (χ3n) is 4.24. The molecule has 0 aliphatic carbocycles. The number of carbonyl (C=O) groups is 1. The van der Waals surface area contributed by atoms with Crippen molar-refractivity contribution in [1.29, 1.82) is 0 Å². The molecule has 7 nitrogen and oxygen atoms in total. The molecule has 2 aliphatic rings. The van der Waals surface area contributed by atoms with Gasteiger partial charge in [0.2, 0.25) is 0 Å². The molecule has 0 bridgehead atoms. The van der Waals surface area contributed by atoms with E-state index in [-0.39, 0.29) is 12.0 Å². The molecule has 1 aromatic heterocycles. The van der Waals surface area contributed by atoms with Gasteiger partial charge in [0.15, 0.2) is 5.69 Å². The lowest BCUT2D eigenvalue weighted by atomic mass is 9.97. The van der Waals surface area contributed by atoms with E-state index in [9.17, 15) is 4.79 Å². The largest absolute Gasteiger partial charge is 0.464 e. The molecule has 0 saturated carbocycles. The topological polar surface area (TPSA) is 88.6 Å². The van der Waals surface area contributed by atoms with E-state index in [1.54, 1.807) is 4.68 Å². The number of aromatic nitrogens is 2. The van der Waals surface area contributed by atoms with Crippen molar-refractivity contribution < 1.29 is 19.0 Å². The fraction of sp³-hybridized carbons (Fsp3) is 0.714. The molecule has 2 N–H and O–H groups in total. The summed E-state index contributed by atoms with van der Waals surface area (Å²) < 4.78 is 17.4. The van der Waals surface area contributed by atoms with E-state index >= 15 is 0 Å². The summed E-state index contributed by atoms with van der Waals surface area (Å²) in [4.78, 5) is 12.0. The lowest BCUT2D eigenvalue weighted by Crippen LogP contribution is -2.22. The molecule has 2 aliphatic heterocycles. The van der Waals surface area contributed by atoms with Crippen LogP contribution in [0.5, 0.6) is 0 Å². The second-order valence-electron chi connectivity index (χ2n) is 5.49. The van der Waals surface area contributed by atoms with E-state index in [0.717, 1.165) is 24.8 Å². The molecule has 0 amide bonds. The Morgan fingerprint density at radius 1 is 1.29 bits per heavy atom. The van der Waals surface area contributed by atoms with Crippen molar-refractivity contribution in [3.05, 3.63) is 11.3 Å². The summed E-state index contributed by atoms with van der Waals surface area (Å²) in [5.41, 5.74) is 7.42. The van der Waals surface area contributed by atoms with Gasteiger partial charge in [-0.1, -0.05) is 0 Å². The van der Waals surface area contributed by atoms with Gasteiger partial charge in [-0.15, -0.1) is 0 Å². The molecule has 0 spiro atoms. The number of hydrogen-bond donors (Lipinski definition) is 1. The minimum atomic E-state index is -0.436. The highest BCUT2D eigenvalue weighted by atomic mass is 16.5. The Balaban J connectivity index is 1.99. The van der Waals surface area contributed by atoms with Crippen LogP contribution in [0.4, 0.5) is 5.82 Å². The minimum Gasteiger partial charge on any atom is -0.464 e. The van der Waals surface area contributed by atoms with Gasteiger partial charge in [0.25, 0.3) is 0 Å². The van der Waals surface area contributed by atoms with Crippen LogP contribution in [0.25, 0.3) is 0 Å². The average Bonchev–Trinajstić information content (AvgIpc) is 3.14.